The smallest absolute Gasteiger partial charge is 0.338 e. The topological polar surface area (TPSA) is 85.7 Å². The van der Waals surface area contributed by atoms with Gasteiger partial charge in [0.1, 0.15) is 5.75 Å². The summed E-state index contributed by atoms with van der Waals surface area (Å²) in [6.45, 7) is 3.96. The summed E-state index contributed by atoms with van der Waals surface area (Å²) in [5.74, 6) is 0.223. The molecular formula is C19H17ClN4O3S. The van der Waals surface area contributed by atoms with Crippen LogP contribution in [0.5, 0.6) is 11.6 Å². The third-order valence-electron chi connectivity index (χ3n) is 3.41. The van der Waals surface area contributed by atoms with Gasteiger partial charge in [-0.3, -0.25) is 5.43 Å². The maximum absolute atomic E-state index is 11.8. The fraction of sp³-hybridized carbons (Fsp3) is 0.158. The van der Waals surface area contributed by atoms with Crippen molar-refractivity contribution >= 4 is 40.3 Å². The number of thiazole rings is 1. The van der Waals surface area contributed by atoms with Crippen LogP contribution in [0.4, 0.5) is 5.13 Å². The molecule has 3 rings (SSSR count). The molecule has 0 aliphatic heterocycles. The molecule has 7 nitrogen and oxygen atoms in total. The summed E-state index contributed by atoms with van der Waals surface area (Å²) in [4.78, 5) is 20.2. The molecule has 0 amide bonds. The molecule has 2 aromatic heterocycles. The lowest BCUT2D eigenvalue weighted by Gasteiger charge is -2.08. The van der Waals surface area contributed by atoms with E-state index in [4.69, 9.17) is 21.1 Å². The van der Waals surface area contributed by atoms with Gasteiger partial charge >= 0.3 is 5.97 Å². The Kier molecular flexibility index (Phi) is 6.57. The van der Waals surface area contributed by atoms with Crippen molar-refractivity contribution in [2.45, 2.75) is 13.8 Å². The number of nitrogens with zero attached hydrogens (tertiary/aromatic N) is 3. The van der Waals surface area contributed by atoms with Gasteiger partial charge < -0.3 is 9.47 Å². The van der Waals surface area contributed by atoms with Gasteiger partial charge in [0, 0.05) is 17.6 Å². The molecule has 2 heterocycles. The maximum atomic E-state index is 11.8. The largest absolute Gasteiger partial charge is 0.462 e. The Morgan fingerprint density at radius 2 is 2.21 bits per heavy atom. The van der Waals surface area contributed by atoms with E-state index < -0.39 is 5.97 Å². The Bertz CT molecular complexity index is 1010. The molecule has 0 fully saturated rings. The summed E-state index contributed by atoms with van der Waals surface area (Å²) in [6, 6.07) is 8.28. The van der Waals surface area contributed by atoms with Crippen molar-refractivity contribution in [1.82, 2.24) is 9.97 Å². The van der Waals surface area contributed by atoms with Crippen LogP contribution in [0.2, 0.25) is 5.02 Å². The van der Waals surface area contributed by atoms with Gasteiger partial charge in [0.2, 0.25) is 11.0 Å². The van der Waals surface area contributed by atoms with Crippen LogP contribution in [-0.2, 0) is 4.74 Å². The van der Waals surface area contributed by atoms with E-state index in [0.29, 0.717) is 28.1 Å². The van der Waals surface area contributed by atoms with Crippen LogP contribution >= 0.6 is 22.9 Å². The first kappa shape index (κ1) is 19.8. The summed E-state index contributed by atoms with van der Waals surface area (Å²) >= 11 is 7.77. The van der Waals surface area contributed by atoms with Crippen molar-refractivity contribution in [3.63, 3.8) is 0 Å². The van der Waals surface area contributed by atoms with Crippen molar-refractivity contribution in [3.8, 4) is 11.6 Å². The quantitative estimate of drug-likeness (QED) is 0.334. The number of aromatic nitrogens is 2. The monoisotopic (exact) mass is 416 g/mol. The van der Waals surface area contributed by atoms with E-state index in [-0.39, 0.29) is 5.88 Å². The van der Waals surface area contributed by atoms with Crippen LogP contribution in [-0.4, -0.2) is 28.8 Å². The van der Waals surface area contributed by atoms with Crippen LogP contribution in [0.3, 0.4) is 0 Å². The Morgan fingerprint density at radius 3 is 2.93 bits per heavy atom. The highest BCUT2D eigenvalue weighted by molar-refractivity contribution is 7.13. The highest BCUT2D eigenvalue weighted by Gasteiger charge is 2.10. The maximum Gasteiger partial charge on any atom is 0.338 e. The number of hydrogen-bond acceptors (Lipinski definition) is 8. The second-order valence-electron chi connectivity index (χ2n) is 5.56. The minimum atomic E-state index is -0.435. The number of hydrazone groups is 1. The number of aryl methyl sites for hydroxylation is 1. The zero-order chi connectivity index (χ0) is 19.9. The molecule has 1 aromatic carbocycles. The molecule has 0 unspecified atom stereocenters. The lowest BCUT2D eigenvalue weighted by molar-refractivity contribution is 0.0526. The number of nitrogens with one attached hydrogen (secondary N) is 1. The van der Waals surface area contributed by atoms with E-state index in [1.54, 1.807) is 37.4 Å². The van der Waals surface area contributed by atoms with E-state index in [0.717, 1.165) is 11.3 Å². The van der Waals surface area contributed by atoms with Gasteiger partial charge in [-0.15, -0.1) is 11.3 Å². The molecule has 9 heteroatoms. The number of esters is 1. The van der Waals surface area contributed by atoms with Gasteiger partial charge in [0.25, 0.3) is 0 Å². The zero-order valence-corrected chi connectivity index (χ0v) is 16.8. The van der Waals surface area contributed by atoms with Gasteiger partial charge in [-0.05, 0) is 43.7 Å². The first-order valence-corrected chi connectivity index (χ1v) is 9.62. The van der Waals surface area contributed by atoms with E-state index in [1.807, 2.05) is 12.3 Å². The molecule has 0 aliphatic rings. The Balaban J connectivity index is 1.67. The van der Waals surface area contributed by atoms with Gasteiger partial charge in [-0.1, -0.05) is 11.6 Å². The summed E-state index contributed by atoms with van der Waals surface area (Å²) in [5.41, 5.74) is 4.94. The number of anilines is 1. The summed E-state index contributed by atoms with van der Waals surface area (Å²) in [5, 5.41) is 7.18. The molecule has 28 heavy (non-hydrogen) atoms. The number of carbonyl (C=O) groups is 1. The average molecular weight is 417 g/mol. The fourth-order valence-electron chi connectivity index (χ4n) is 2.17. The molecule has 144 valence electrons. The predicted molar refractivity (Wildman–Crippen MR) is 110 cm³/mol. The van der Waals surface area contributed by atoms with Crippen LogP contribution in [0.1, 0.15) is 28.5 Å². The molecule has 0 saturated heterocycles. The second-order valence-corrected chi connectivity index (χ2v) is 6.82. The Morgan fingerprint density at radius 1 is 1.36 bits per heavy atom. The van der Waals surface area contributed by atoms with Gasteiger partial charge in [0.15, 0.2) is 0 Å². The molecule has 0 atom stereocenters. The molecule has 0 saturated carbocycles. The molecule has 0 aliphatic carbocycles. The standard InChI is InChI=1S/C19H17ClN4O3S/c1-3-26-18(25)14-6-7-21-17(9-14)27-16-5-4-13(8-15(16)20)10-22-24-19-23-12(2)11-28-19/h4-11H,3H2,1-2H3,(H,23,24). The van der Waals surface area contributed by atoms with Gasteiger partial charge in [-0.2, -0.15) is 5.10 Å². The minimum Gasteiger partial charge on any atom is -0.462 e. The molecule has 0 spiro atoms. The lowest BCUT2D eigenvalue weighted by Crippen LogP contribution is -2.05. The molecule has 1 N–H and O–H groups in total. The molecular weight excluding hydrogens is 400 g/mol. The average Bonchev–Trinajstić information content (AvgIpc) is 3.09. The SMILES string of the molecule is CCOC(=O)c1ccnc(Oc2ccc(C=NNc3nc(C)cs3)cc2Cl)c1. The number of hydrogen-bond donors (Lipinski definition) is 1. The Hall–Kier alpha value is -2.97. The van der Waals surface area contributed by atoms with E-state index in [1.165, 1.54) is 23.6 Å². The highest BCUT2D eigenvalue weighted by atomic mass is 35.5. The normalized spacial score (nSPS) is 10.8. The van der Waals surface area contributed by atoms with Crippen molar-refractivity contribution in [1.29, 1.82) is 0 Å². The summed E-state index contributed by atoms with van der Waals surface area (Å²) < 4.78 is 10.7. The van der Waals surface area contributed by atoms with Gasteiger partial charge in [-0.25, -0.2) is 14.8 Å². The number of ether oxygens (including phenoxy) is 2. The van der Waals surface area contributed by atoms with Crippen molar-refractivity contribution in [3.05, 3.63) is 63.8 Å². The number of rotatable bonds is 7. The number of carbonyl (C=O) groups excluding carboxylic acids is 1. The summed E-state index contributed by atoms with van der Waals surface area (Å²) in [7, 11) is 0. The number of benzene rings is 1. The van der Waals surface area contributed by atoms with E-state index >= 15 is 0 Å². The predicted octanol–water partition coefficient (Wildman–Crippen LogP) is 4.91. The second kappa shape index (κ2) is 9.29. The lowest BCUT2D eigenvalue weighted by atomic mass is 10.2. The number of halogens is 1. The third kappa shape index (κ3) is 5.28. The molecule has 0 bridgehead atoms. The van der Waals surface area contributed by atoms with Crippen molar-refractivity contribution < 1.29 is 14.3 Å². The third-order valence-corrected chi connectivity index (χ3v) is 4.57. The molecule has 0 radical (unpaired) electrons. The van der Waals surface area contributed by atoms with Crippen LogP contribution in [0.15, 0.2) is 47.0 Å². The fourth-order valence-corrected chi connectivity index (χ4v) is 3.03. The van der Waals surface area contributed by atoms with E-state index in [9.17, 15) is 4.79 Å². The highest BCUT2D eigenvalue weighted by Crippen LogP contribution is 2.29. The van der Waals surface area contributed by atoms with Crippen LogP contribution < -0.4 is 10.2 Å². The van der Waals surface area contributed by atoms with Gasteiger partial charge in [0.05, 0.1) is 29.1 Å². The minimum absolute atomic E-state index is 0.245. The first-order valence-electron chi connectivity index (χ1n) is 8.37. The van der Waals surface area contributed by atoms with E-state index in [2.05, 4.69) is 20.5 Å². The van der Waals surface area contributed by atoms with Crippen LogP contribution in [0.25, 0.3) is 0 Å². The van der Waals surface area contributed by atoms with Crippen molar-refractivity contribution in [2.75, 3.05) is 12.0 Å². The molecule has 3 aromatic rings. The zero-order valence-electron chi connectivity index (χ0n) is 15.2. The summed E-state index contributed by atoms with van der Waals surface area (Å²) in [6.07, 6.45) is 3.11. The van der Waals surface area contributed by atoms with Crippen molar-refractivity contribution in [2.24, 2.45) is 5.10 Å². The Labute approximate surface area is 171 Å². The number of pyridine rings is 1. The first-order chi connectivity index (χ1) is 13.5. The van der Waals surface area contributed by atoms with Crippen LogP contribution in [0, 0.1) is 6.92 Å².